The zero-order valence-electron chi connectivity index (χ0n) is 16.8. The number of carboxylic acids is 1. The third-order valence-corrected chi connectivity index (χ3v) is 5.38. The number of halogens is 2. The van der Waals surface area contributed by atoms with Crippen molar-refractivity contribution in [2.75, 3.05) is 6.61 Å². The molecule has 0 aliphatic heterocycles. The number of nitrogens with zero attached hydrogens (tertiary/aromatic N) is 1. The molecule has 0 fully saturated rings. The summed E-state index contributed by atoms with van der Waals surface area (Å²) in [6, 6.07) is 21.1. The molecule has 1 amide bonds. The second-order valence-electron chi connectivity index (χ2n) is 6.95. The quantitative estimate of drug-likeness (QED) is 0.459. The van der Waals surface area contributed by atoms with E-state index in [1.165, 1.54) is 18.2 Å². The minimum atomic E-state index is -1.18. The molecule has 0 saturated carbocycles. The van der Waals surface area contributed by atoms with Gasteiger partial charge in [-0.2, -0.15) is 0 Å². The summed E-state index contributed by atoms with van der Waals surface area (Å²) in [7, 11) is 0. The molecule has 0 unspecified atom stereocenters. The highest BCUT2D eigenvalue weighted by molar-refractivity contribution is 6.32. The molecule has 3 rings (SSSR count). The Labute approximate surface area is 190 Å². The van der Waals surface area contributed by atoms with Gasteiger partial charge in [-0.3, -0.25) is 4.79 Å². The highest BCUT2D eigenvalue weighted by Crippen LogP contribution is 2.29. The van der Waals surface area contributed by atoms with Gasteiger partial charge in [0.1, 0.15) is 5.56 Å². The third kappa shape index (κ3) is 5.78. The maximum atomic E-state index is 13.2. The van der Waals surface area contributed by atoms with Crippen LogP contribution < -0.4 is 4.74 Å². The van der Waals surface area contributed by atoms with Crippen molar-refractivity contribution in [3.8, 4) is 5.75 Å². The zero-order chi connectivity index (χ0) is 22.4. The van der Waals surface area contributed by atoms with Crippen LogP contribution in [0.15, 0.2) is 72.8 Å². The number of para-hydroxylation sites is 1. The molecular formula is C24H21Cl2NO4. The Balaban J connectivity index is 1.85. The fraction of sp³-hybridized carbons (Fsp3) is 0.167. The zero-order valence-corrected chi connectivity index (χ0v) is 18.3. The van der Waals surface area contributed by atoms with Gasteiger partial charge in [-0.05, 0) is 42.3 Å². The van der Waals surface area contributed by atoms with Crippen molar-refractivity contribution < 1.29 is 19.4 Å². The summed E-state index contributed by atoms with van der Waals surface area (Å²) in [5.41, 5.74) is 1.73. The van der Waals surface area contributed by atoms with E-state index in [4.69, 9.17) is 27.9 Å². The first kappa shape index (κ1) is 22.7. The summed E-state index contributed by atoms with van der Waals surface area (Å²) in [5.74, 6) is -1.52. The summed E-state index contributed by atoms with van der Waals surface area (Å²) in [4.78, 5) is 26.3. The van der Waals surface area contributed by atoms with Crippen LogP contribution >= 0.6 is 23.2 Å². The lowest BCUT2D eigenvalue weighted by Gasteiger charge is -2.30. The summed E-state index contributed by atoms with van der Waals surface area (Å²) in [5, 5.41) is 10.1. The van der Waals surface area contributed by atoms with Crippen molar-refractivity contribution >= 4 is 35.1 Å². The van der Waals surface area contributed by atoms with E-state index < -0.39 is 5.97 Å². The average molecular weight is 458 g/mol. The highest BCUT2D eigenvalue weighted by Gasteiger charge is 2.24. The van der Waals surface area contributed by atoms with E-state index in [2.05, 4.69) is 0 Å². The van der Waals surface area contributed by atoms with Gasteiger partial charge in [-0.25, -0.2) is 4.79 Å². The fourth-order valence-corrected chi connectivity index (χ4v) is 3.67. The second-order valence-corrected chi connectivity index (χ2v) is 7.79. The first-order valence-electron chi connectivity index (χ1n) is 9.60. The van der Waals surface area contributed by atoms with E-state index in [1.54, 1.807) is 17.0 Å². The molecule has 1 atom stereocenters. The Hall–Kier alpha value is -3.02. The Morgan fingerprint density at radius 3 is 2.39 bits per heavy atom. The normalized spacial score (nSPS) is 11.6. The molecule has 0 radical (unpaired) electrons. The van der Waals surface area contributed by atoms with Gasteiger partial charge in [0.25, 0.3) is 5.91 Å². The number of hydrogen-bond acceptors (Lipinski definition) is 3. The van der Waals surface area contributed by atoms with Crippen LogP contribution in [0.2, 0.25) is 10.0 Å². The van der Waals surface area contributed by atoms with Crippen LogP contribution in [0.3, 0.4) is 0 Å². The van der Waals surface area contributed by atoms with E-state index in [0.29, 0.717) is 11.6 Å². The summed E-state index contributed by atoms with van der Waals surface area (Å²) in [6.07, 6.45) is 0. The molecule has 7 heteroatoms. The van der Waals surface area contributed by atoms with Crippen molar-refractivity contribution in [1.29, 1.82) is 0 Å². The largest absolute Gasteiger partial charge is 0.481 e. The van der Waals surface area contributed by atoms with Crippen molar-refractivity contribution in [2.45, 2.75) is 19.5 Å². The van der Waals surface area contributed by atoms with E-state index in [1.807, 2.05) is 49.4 Å². The first-order chi connectivity index (χ1) is 14.9. The highest BCUT2D eigenvalue weighted by atomic mass is 35.5. The maximum Gasteiger partial charge on any atom is 0.339 e. The number of amides is 1. The number of ether oxygens (including phenoxy) is 1. The summed E-state index contributed by atoms with van der Waals surface area (Å²) in [6.45, 7) is 1.88. The molecule has 0 aliphatic rings. The molecule has 1 N–H and O–H groups in total. The van der Waals surface area contributed by atoms with Gasteiger partial charge in [-0.1, -0.05) is 71.7 Å². The molecule has 0 aliphatic carbocycles. The van der Waals surface area contributed by atoms with Gasteiger partial charge in [0.05, 0.1) is 11.1 Å². The Morgan fingerprint density at radius 1 is 1.00 bits per heavy atom. The lowest BCUT2D eigenvalue weighted by atomic mass is 10.1. The molecule has 31 heavy (non-hydrogen) atoms. The number of aromatic carboxylic acids is 1. The van der Waals surface area contributed by atoms with E-state index in [0.717, 1.165) is 11.1 Å². The predicted molar refractivity (Wildman–Crippen MR) is 121 cm³/mol. The molecule has 160 valence electrons. The average Bonchev–Trinajstić information content (AvgIpc) is 2.76. The maximum absolute atomic E-state index is 13.2. The van der Waals surface area contributed by atoms with Crippen LogP contribution in [0.5, 0.6) is 5.75 Å². The van der Waals surface area contributed by atoms with Gasteiger partial charge in [0.2, 0.25) is 0 Å². The molecule has 0 heterocycles. The Bertz CT molecular complexity index is 1070. The van der Waals surface area contributed by atoms with Crippen molar-refractivity contribution in [1.82, 2.24) is 4.90 Å². The Kier molecular flexibility index (Phi) is 7.55. The lowest BCUT2D eigenvalue weighted by Crippen LogP contribution is -2.36. The van der Waals surface area contributed by atoms with E-state index >= 15 is 0 Å². The van der Waals surface area contributed by atoms with Crippen LogP contribution in [0.1, 0.15) is 34.5 Å². The van der Waals surface area contributed by atoms with E-state index in [-0.39, 0.29) is 34.9 Å². The van der Waals surface area contributed by atoms with Crippen LogP contribution in [0.25, 0.3) is 0 Å². The van der Waals surface area contributed by atoms with Gasteiger partial charge in [0.15, 0.2) is 12.4 Å². The fourth-order valence-electron chi connectivity index (χ4n) is 3.23. The van der Waals surface area contributed by atoms with Crippen LogP contribution in [0.4, 0.5) is 0 Å². The van der Waals surface area contributed by atoms with Gasteiger partial charge >= 0.3 is 5.97 Å². The molecular weight excluding hydrogens is 437 g/mol. The third-order valence-electron chi connectivity index (χ3n) is 4.85. The van der Waals surface area contributed by atoms with Gasteiger partial charge < -0.3 is 14.7 Å². The Morgan fingerprint density at radius 2 is 1.71 bits per heavy atom. The predicted octanol–water partition coefficient (Wildman–Crippen LogP) is 5.86. The number of benzene rings is 3. The number of carbonyl (C=O) groups is 2. The topological polar surface area (TPSA) is 66.8 Å². The molecule has 0 saturated heterocycles. The van der Waals surface area contributed by atoms with Gasteiger partial charge in [0, 0.05) is 11.6 Å². The van der Waals surface area contributed by atoms with Crippen molar-refractivity contribution in [3.63, 3.8) is 0 Å². The summed E-state index contributed by atoms with van der Waals surface area (Å²) >= 11 is 12.2. The molecule has 0 spiro atoms. The standard InChI is InChI=1S/C24H21Cl2NO4/c1-16(18-8-3-2-4-9-18)27(14-17-7-5-10-19(25)13-17)22(28)15-31-23-20(24(29)30)11-6-12-21(23)26/h2-13,16H,14-15H2,1H3,(H,29,30)/t16-/m0/s1. The number of rotatable bonds is 8. The summed E-state index contributed by atoms with van der Waals surface area (Å²) < 4.78 is 5.59. The van der Waals surface area contributed by atoms with Crippen molar-refractivity contribution in [3.05, 3.63) is 99.5 Å². The molecule has 3 aromatic carbocycles. The minimum Gasteiger partial charge on any atom is -0.481 e. The van der Waals surface area contributed by atoms with Gasteiger partial charge in [-0.15, -0.1) is 0 Å². The first-order valence-corrected chi connectivity index (χ1v) is 10.4. The van der Waals surface area contributed by atoms with Crippen LogP contribution in [-0.4, -0.2) is 28.5 Å². The molecule has 0 bridgehead atoms. The van der Waals surface area contributed by atoms with Crippen LogP contribution in [0, 0.1) is 0 Å². The second kappa shape index (κ2) is 10.3. The SMILES string of the molecule is C[C@@H](c1ccccc1)N(Cc1cccc(Cl)c1)C(=O)COc1c(Cl)cccc1C(=O)O. The lowest BCUT2D eigenvalue weighted by molar-refractivity contribution is -0.136. The smallest absolute Gasteiger partial charge is 0.339 e. The monoisotopic (exact) mass is 457 g/mol. The molecule has 0 aromatic heterocycles. The minimum absolute atomic E-state index is 0.0277. The molecule has 3 aromatic rings. The van der Waals surface area contributed by atoms with E-state index in [9.17, 15) is 14.7 Å². The number of carboxylic acid groups (broad SMARTS) is 1. The number of carbonyl (C=O) groups excluding carboxylic acids is 1. The molecule has 5 nitrogen and oxygen atoms in total. The van der Waals surface area contributed by atoms with Crippen LogP contribution in [-0.2, 0) is 11.3 Å². The van der Waals surface area contributed by atoms with Crippen molar-refractivity contribution in [2.24, 2.45) is 0 Å². The number of hydrogen-bond donors (Lipinski definition) is 1.